The molecule has 1 amide bonds. The predicted octanol–water partition coefficient (Wildman–Crippen LogP) is 1.13. The van der Waals surface area contributed by atoms with Gasteiger partial charge in [0.2, 0.25) is 5.91 Å². The fraction of sp³-hybridized carbons (Fsp3) is 0.500. The number of hydrogen-bond acceptors (Lipinski definition) is 6. The molecule has 140 valence electrons. The largest absolute Gasteiger partial charge is 0.495 e. The molecule has 0 spiro atoms. The van der Waals surface area contributed by atoms with Crippen LogP contribution in [-0.4, -0.2) is 52.2 Å². The van der Waals surface area contributed by atoms with Crippen LogP contribution < -0.4 is 15.0 Å². The Bertz CT molecular complexity index is 738. The van der Waals surface area contributed by atoms with Gasteiger partial charge in [-0.3, -0.25) is 4.79 Å². The van der Waals surface area contributed by atoms with Gasteiger partial charge in [0.05, 0.1) is 25.1 Å². The molecular weight excluding hydrogens is 334 g/mol. The van der Waals surface area contributed by atoms with Crippen molar-refractivity contribution >= 4 is 11.6 Å². The van der Waals surface area contributed by atoms with Crippen LogP contribution in [0.5, 0.6) is 5.75 Å². The van der Waals surface area contributed by atoms with Crippen LogP contribution in [0.3, 0.4) is 0 Å². The normalized spacial score (nSPS) is 16.3. The Morgan fingerprint density at radius 1 is 1.38 bits per heavy atom. The highest BCUT2D eigenvalue weighted by Gasteiger charge is 2.22. The molecule has 1 unspecified atom stereocenters. The van der Waals surface area contributed by atoms with E-state index in [1.807, 2.05) is 18.2 Å². The third kappa shape index (κ3) is 4.32. The van der Waals surface area contributed by atoms with Gasteiger partial charge in [0.15, 0.2) is 0 Å². The number of anilines is 1. The highest BCUT2D eigenvalue weighted by molar-refractivity contribution is 5.76. The van der Waals surface area contributed by atoms with Crippen molar-refractivity contribution < 1.29 is 14.6 Å². The summed E-state index contributed by atoms with van der Waals surface area (Å²) < 4.78 is 6.88. The summed E-state index contributed by atoms with van der Waals surface area (Å²) >= 11 is 0. The van der Waals surface area contributed by atoms with Crippen LogP contribution in [0.1, 0.15) is 31.6 Å². The van der Waals surface area contributed by atoms with E-state index in [0.717, 1.165) is 37.4 Å². The summed E-state index contributed by atoms with van der Waals surface area (Å²) in [5, 5.41) is 20.2. The van der Waals surface area contributed by atoms with Crippen molar-refractivity contribution in [3.05, 3.63) is 36.2 Å². The quantitative estimate of drug-likeness (QED) is 0.803. The van der Waals surface area contributed by atoms with E-state index in [9.17, 15) is 9.90 Å². The third-order valence-electron chi connectivity index (χ3n) is 4.58. The van der Waals surface area contributed by atoms with E-state index in [-0.39, 0.29) is 18.5 Å². The summed E-state index contributed by atoms with van der Waals surface area (Å²) in [6.07, 6.45) is 2.65. The molecule has 1 aliphatic rings. The number of piperidine rings is 1. The lowest BCUT2D eigenvalue weighted by Gasteiger charge is -2.34. The van der Waals surface area contributed by atoms with Crippen molar-refractivity contribution in [2.24, 2.45) is 0 Å². The van der Waals surface area contributed by atoms with Crippen LogP contribution in [-0.2, 0) is 11.3 Å². The molecule has 0 radical (unpaired) electrons. The molecular formula is C18H25N5O3. The fourth-order valence-corrected chi connectivity index (χ4v) is 3.16. The highest BCUT2D eigenvalue weighted by atomic mass is 16.5. The maximum atomic E-state index is 12.2. The van der Waals surface area contributed by atoms with Gasteiger partial charge in [0, 0.05) is 19.1 Å². The number of nitrogens with zero attached hydrogens (tertiary/aromatic N) is 4. The minimum absolute atomic E-state index is 0.0946. The molecule has 26 heavy (non-hydrogen) atoms. The van der Waals surface area contributed by atoms with Crippen molar-refractivity contribution in [3.63, 3.8) is 0 Å². The fourth-order valence-electron chi connectivity index (χ4n) is 3.16. The number of methoxy groups -OCH3 is 1. The number of aliphatic hydroxyl groups excluding tert-OH is 1. The molecule has 1 atom stereocenters. The number of benzene rings is 1. The van der Waals surface area contributed by atoms with Gasteiger partial charge in [-0.05, 0) is 31.9 Å². The van der Waals surface area contributed by atoms with Gasteiger partial charge in [0.25, 0.3) is 0 Å². The van der Waals surface area contributed by atoms with Gasteiger partial charge < -0.3 is 20.1 Å². The molecule has 8 heteroatoms. The van der Waals surface area contributed by atoms with Crippen molar-refractivity contribution in [2.45, 2.75) is 38.5 Å². The van der Waals surface area contributed by atoms with E-state index in [1.54, 1.807) is 20.2 Å². The first-order valence-corrected chi connectivity index (χ1v) is 8.82. The van der Waals surface area contributed by atoms with Crippen LogP contribution in [0.25, 0.3) is 0 Å². The topological polar surface area (TPSA) is 92.5 Å². The number of aromatic nitrogens is 3. The summed E-state index contributed by atoms with van der Waals surface area (Å²) in [6.45, 7) is 3.44. The molecule has 3 rings (SSSR count). The van der Waals surface area contributed by atoms with E-state index < -0.39 is 6.10 Å². The Morgan fingerprint density at radius 3 is 2.77 bits per heavy atom. The lowest BCUT2D eigenvalue weighted by molar-refractivity contribution is -0.122. The zero-order valence-corrected chi connectivity index (χ0v) is 15.1. The number of hydrogen-bond donors (Lipinski definition) is 2. The maximum Gasteiger partial charge on any atom is 0.242 e. The van der Waals surface area contributed by atoms with E-state index in [4.69, 9.17) is 4.74 Å². The molecule has 8 nitrogen and oxygen atoms in total. The molecule has 2 N–H and O–H groups in total. The van der Waals surface area contributed by atoms with Crippen LogP contribution in [0, 0.1) is 0 Å². The molecule has 2 heterocycles. The summed E-state index contributed by atoms with van der Waals surface area (Å²) in [7, 11) is 1.68. The Labute approximate surface area is 152 Å². The average Bonchev–Trinajstić information content (AvgIpc) is 3.11. The Morgan fingerprint density at radius 2 is 2.12 bits per heavy atom. The first-order valence-electron chi connectivity index (χ1n) is 8.82. The lowest BCUT2D eigenvalue weighted by atomic mass is 10.0. The summed E-state index contributed by atoms with van der Waals surface area (Å²) in [4.78, 5) is 14.5. The van der Waals surface area contributed by atoms with Gasteiger partial charge in [0.1, 0.15) is 18.0 Å². The number of carbonyl (C=O) groups is 1. The predicted molar refractivity (Wildman–Crippen MR) is 97.0 cm³/mol. The molecule has 1 fully saturated rings. The summed E-state index contributed by atoms with van der Waals surface area (Å²) in [5.74, 6) is 0.776. The number of carbonyl (C=O) groups excluding carboxylic acids is 1. The SMILES string of the molecule is COc1ccccc1N1CCC(NC(=O)Cn2cc(C(C)O)nn2)CC1. The molecule has 0 bridgehead atoms. The van der Waals surface area contributed by atoms with Crippen molar-refractivity contribution in [1.82, 2.24) is 20.3 Å². The molecule has 1 aromatic carbocycles. The number of nitrogens with one attached hydrogen (secondary N) is 1. The van der Waals surface area contributed by atoms with E-state index in [2.05, 4.69) is 26.6 Å². The number of aliphatic hydroxyl groups is 1. The van der Waals surface area contributed by atoms with E-state index in [0.29, 0.717) is 5.69 Å². The van der Waals surface area contributed by atoms with Gasteiger partial charge in [-0.1, -0.05) is 17.3 Å². The average molecular weight is 359 g/mol. The maximum absolute atomic E-state index is 12.2. The van der Waals surface area contributed by atoms with Crippen LogP contribution in [0.15, 0.2) is 30.5 Å². The first-order chi connectivity index (χ1) is 12.6. The third-order valence-corrected chi connectivity index (χ3v) is 4.58. The lowest BCUT2D eigenvalue weighted by Crippen LogP contribution is -2.45. The van der Waals surface area contributed by atoms with Gasteiger partial charge in [-0.2, -0.15) is 0 Å². The second-order valence-corrected chi connectivity index (χ2v) is 6.52. The smallest absolute Gasteiger partial charge is 0.242 e. The number of amides is 1. The monoisotopic (exact) mass is 359 g/mol. The summed E-state index contributed by atoms with van der Waals surface area (Å²) in [6, 6.07) is 8.13. The van der Waals surface area contributed by atoms with Gasteiger partial charge in [-0.25, -0.2) is 4.68 Å². The van der Waals surface area contributed by atoms with Gasteiger partial charge >= 0.3 is 0 Å². The zero-order chi connectivity index (χ0) is 18.5. The Hall–Kier alpha value is -2.61. The van der Waals surface area contributed by atoms with Crippen molar-refractivity contribution in [1.29, 1.82) is 0 Å². The first kappa shape index (κ1) is 18.2. The molecule has 1 aromatic heterocycles. The number of ether oxygens (including phenoxy) is 1. The molecule has 1 saturated heterocycles. The van der Waals surface area contributed by atoms with Crippen LogP contribution in [0.2, 0.25) is 0 Å². The summed E-state index contributed by atoms with van der Waals surface area (Å²) in [5.41, 5.74) is 1.55. The van der Waals surface area contributed by atoms with Crippen molar-refractivity contribution in [2.75, 3.05) is 25.1 Å². The Kier molecular flexibility index (Phi) is 5.72. The van der Waals surface area contributed by atoms with Crippen LogP contribution >= 0.6 is 0 Å². The van der Waals surface area contributed by atoms with E-state index in [1.165, 1.54) is 4.68 Å². The zero-order valence-electron chi connectivity index (χ0n) is 15.1. The van der Waals surface area contributed by atoms with Gasteiger partial charge in [-0.15, -0.1) is 5.10 Å². The number of rotatable bonds is 6. The minimum atomic E-state index is -0.689. The second kappa shape index (κ2) is 8.18. The van der Waals surface area contributed by atoms with Crippen LogP contribution in [0.4, 0.5) is 5.69 Å². The molecule has 1 aliphatic heterocycles. The molecule has 0 saturated carbocycles. The number of para-hydroxylation sites is 2. The van der Waals surface area contributed by atoms with E-state index >= 15 is 0 Å². The second-order valence-electron chi connectivity index (χ2n) is 6.52. The van der Waals surface area contributed by atoms with Crippen molar-refractivity contribution in [3.8, 4) is 5.75 Å². The minimum Gasteiger partial charge on any atom is -0.495 e. The molecule has 0 aliphatic carbocycles. The Balaban J connectivity index is 1.49. The standard InChI is InChI=1S/C18H25N5O3/c1-13(24)15-11-23(21-20-15)12-18(25)19-14-7-9-22(10-8-14)16-5-3-4-6-17(16)26-2/h3-6,11,13-14,24H,7-10,12H2,1-2H3,(H,19,25). The highest BCUT2D eigenvalue weighted by Crippen LogP contribution is 2.29. The molecule has 2 aromatic rings.